The lowest BCUT2D eigenvalue weighted by Crippen LogP contribution is -2.52. The first-order valence-corrected chi connectivity index (χ1v) is 9.98. The maximum absolute atomic E-state index is 6.41. The Kier molecular flexibility index (Phi) is 6.31. The predicted molar refractivity (Wildman–Crippen MR) is 104 cm³/mol. The number of halogens is 2. The summed E-state index contributed by atoms with van der Waals surface area (Å²) in [5.74, 6) is 0.875. The van der Waals surface area contributed by atoms with Crippen LogP contribution in [0.15, 0.2) is 18.2 Å². The molecule has 24 heavy (non-hydrogen) atoms. The SMILES string of the molecule is C[C@@H]1CN(CC[C@H]2CC[C@H](N)CC2)CCN1c1cccc(Cl)c1Cl. The average molecular weight is 370 g/mol. The van der Waals surface area contributed by atoms with Gasteiger partial charge in [0.2, 0.25) is 0 Å². The first-order valence-electron chi connectivity index (χ1n) is 9.23. The van der Waals surface area contributed by atoms with Crippen LogP contribution in [-0.2, 0) is 0 Å². The fourth-order valence-corrected chi connectivity index (χ4v) is 4.55. The summed E-state index contributed by atoms with van der Waals surface area (Å²) in [7, 11) is 0. The smallest absolute Gasteiger partial charge is 0.0825 e. The van der Waals surface area contributed by atoms with Crippen LogP contribution in [0.4, 0.5) is 5.69 Å². The van der Waals surface area contributed by atoms with E-state index in [0.717, 1.165) is 31.2 Å². The van der Waals surface area contributed by atoms with Gasteiger partial charge in [0, 0.05) is 31.7 Å². The molecule has 2 N–H and O–H groups in total. The first-order chi connectivity index (χ1) is 11.5. The Balaban J connectivity index is 1.51. The van der Waals surface area contributed by atoms with Crippen LogP contribution in [0, 0.1) is 5.92 Å². The molecule has 1 aromatic rings. The number of nitrogens with two attached hydrogens (primary N) is 1. The number of hydrogen-bond donors (Lipinski definition) is 1. The molecule has 1 saturated heterocycles. The highest BCUT2D eigenvalue weighted by Gasteiger charge is 2.26. The maximum atomic E-state index is 6.41. The second-order valence-corrected chi connectivity index (χ2v) is 8.27. The summed E-state index contributed by atoms with van der Waals surface area (Å²) in [4.78, 5) is 5.00. The third-order valence-electron chi connectivity index (χ3n) is 5.70. The molecule has 1 aromatic carbocycles. The van der Waals surface area contributed by atoms with Crippen molar-refractivity contribution in [2.24, 2.45) is 11.7 Å². The third kappa shape index (κ3) is 4.37. The molecular weight excluding hydrogens is 341 g/mol. The number of nitrogens with zero attached hydrogens (tertiary/aromatic N) is 2. The molecule has 3 rings (SSSR count). The van der Waals surface area contributed by atoms with Crippen LogP contribution in [0.5, 0.6) is 0 Å². The van der Waals surface area contributed by atoms with Gasteiger partial charge in [-0.25, -0.2) is 0 Å². The Hall–Kier alpha value is -0.480. The minimum Gasteiger partial charge on any atom is -0.365 e. The third-order valence-corrected chi connectivity index (χ3v) is 6.51. The van der Waals surface area contributed by atoms with Gasteiger partial charge < -0.3 is 10.6 Å². The van der Waals surface area contributed by atoms with Gasteiger partial charge in [-0.3, -0.25) is 4.90 Å². The molecule has 0 amide bonds. The van der Waals surface area contributed by atoms with Crippen LogP contribution >= 0.6 is 23.2 Å². The summed E-state index contributed by atoms with van der Waals surface area (Å²) in [6, 6.07) is 6.81. The van der Waals surface area contributed by atoms with Gasteiger partial charge in [-0.15, -0.1) is 0 Å². The second kappa shape index (κ2) is 8.27. The van der Waals surface area contributed by atoms with E-state index < -0.39 is 0 Å². The number of benzene rings is 1. The molecule has 0 spiro atoms. The second-order valence-electron chi connectivity index (χ2n) is 7.49. The molecule has 0 radical (unpaired) electrons. The van der Waals surface area contributed by atoms with Gasteiger partial charge in [-0.1, -0.05) is 29.3 Å². The highest BCUT2D eigenvalue weighted by molar-refractivity contribution is 6.43. The summed E-state index contributed by atoms with van der Waals surface area (Å²) >= 11 is 12.6. The van der Waals surface area contributed by atoms with Crippen LogP contribution in [0.25, 0.3) is 0 Å². The zero-order valence-electron chi connectivity index (χ0n) is 14.6. The molecule has 1 aliphatic heterocycles. The largest absolute Gasteiger partial charge is 0.365 e. The molecule has 0 unspecified atom stereocenters. The van der Waals surface area contributed by atoms with Crippen molar-refractivity contribution in [1.29, 1.82) is 0 Å². The molecule has 1 saturated carbocycles. The van der Waals surface area contributed by atoms with Gasteiger partial charge in [0.1, 0.15) is 0 Å². The summed E-state index contributed by atoms with van der Waals surface area (Å²) in [6.07, 6.45) is 6.37. The number of hydrogen-bond acceptors (Lipinski definition) is 3. The van der Waals surface area contributed by atoms with Crippen molar-refractivity contribution in [3.63, 3.8) is 0 Å². The van der Waals surface area contributed by atoms with E-state index in [9.17, 15) is 0 Å². The van der Waals surface area contributed by atoms with Gasteiger partial charge in [-0.05, 0) is 63.6 Å². The normalized spacial score (nSPS) is 29.0. The molecule has 1 atom stereocenters. The quantitative estimate of drug-likeness (QED) is 0.852. The van der Waals surface area contributed by atoms with Gasteiger partial charge in [-0.2, -0.15) is 0 Å². The lowest BCUT2D eigenvalue weighted by molar-refractivity contribution is 0.198. The van der Waals surface area contributed by atoms with E-state index in [2.05, 4.69) is 22.8 Å². The van der Waals surface area contributed by atoms with Crippen molar-refractivity contribution >= 4 is 28.9 Å². The predicted octanol–water partition coefficient (Wildman–Crippen LogP) is 4.41. The number of anilines is 1. The zero-order chi connectivity index (χ0) is 17.1. The molecular formula is C19H29Cl2N3. The standard InChI is InChI=1S/C19H29Cl2N3/c1-14-13-23(10-9-15-5-7-16(22)8-6-15)11-12-24(14)18-4-2-3-17(20)19(18)21/h2-4,14-16H,5-13,22H2,1H3/t14-,15-,16-/m1/s1. The van der Waals surface area contributed by atoms with E-state index in [1.54, 1.807) is 0 Å². The van der Waals surface area contributed by atoms with Crippen molar-refractivity contribution in [1.82, 2.24) is 4.90 Å². The van der Waals surface area contributed by atoms with E-state index in [1.807, 2.05) is 12.1 Å². The minimum atomic E-state index is 0.451. The Morgan fingerprint density at radius 2 is 1.88 bits per heavy atom. The first kappa shape index (κ1) is 18.3. The van der Waals surface area contributed by atoms with E-state index >= 15 is 0 Å². The van der Waals surface area contributed by atoms with E-state index in [1.165, 1.54) is 38.6 Å². The Morgan fingerprint density at radius 1 is 1.12 bits per heavy atom. The topological polar surface area (TPSA) is 32.5 Å². The zero-order valence-corrected chi connectivity index (χ0v) is 16.1. The molecule has 2 aliphatic rings. The average Bonchev–Trinajstić information content (AvgIpc) is 2.57. The molecule has 3 nitrogen and oxygen atoms in total. The van der Waals surface area contributed by atoms with Crippen molar-refractivity contribution in [2.45, 2.75) is 51.1 Å². The fourth-order valence-electron chi connectivity index (χ4n) is 4.15. The molecule has 2 fully saturated rings. The molecule has 1 aliphatic carbocycles. The summed E-state index contributed by atoms with van der Waals surface area (Å²) in [5, 5.41) is 1.32. The van der Waals surface area contributed by atoms with Crippen LogP contribution in [0.1, 0.15) is 39.0 Å². The lowest BCUT2D eigenvalue weighted by atomic mass is 9.84. The van der Waals surface area contributed by atoms with Crippen LogP contribution in [-0.4, -0.2) is 43.2 Å². The van der Waals surface area contributed by atoms with Crippen LogP contribution < -0.4 is 10.6 Å². The van der Waals surface area contributed by atoms with Crippen molar-refractivity contribution in [2.75, 3.05) is 31.1 Å². The highest BCUT2D eigenvalue weighted by atomic mass is 35.5. The van der Waals surface area contributed by atoms with Gasteiger partial charge in [0.15, 0.2) is 0 Å². The van der Waals surface area contributed by atoms with Gasteiger partial charge in [0.25, 0.3) is 0 Å². The molecule has 0 aromatic heterocycles. The van der Waals surface area contributed by atoms with E-state index in [4.69, 9.17) is 28.9 Å². The fraction of sp³-hybridized carbons (Fsp3) is 0.684. The van der Waals surface area contributed by atoms with Gasteiger partial charge >= 0.3 is 0 Å². The van der Waals surface area contributed by atoms with E-state index in [0.29, 0.717) is 22.1 Å². The summed E-state index contributed by atoms with van der Waals surface area (Å²) in [6.45, 7) is 6.69. The van der Waals surface area contributed by atoms with Crippen molar-refractivity contribution in [3.05, 3.63) is 28.2 Å². The molecule has 134 valence electrons. The summed E-state index contributed by atoms with van der Waals surface area (Å²) < 4.78 is 0. The Labute approximate surface area is 156 Å². The van der Waals surface area contributed by atoms with Crippen molar-refractivity contribution in [3.8, 4) is 0 Å². The molecule has 0 bridgehead atoms. The Morgan fingerprint density at radius 3 is 2.58 bits per heavy atom. The maximum Gasteiger partial charge on any atom is 0.0825 e. The van der Waals surface area contributed by atoms with Gasteiger partial charge in [0.05, 0.1) is 15.7 Å². The Bertz CT molecular complexity index is 543. The monoisotopic (exact) mass is 369 g/mol. The van der Waals surface area contributed by atoms with Crippen LogP contribution in [0.2, 0.25) is 10.0 Å². The molecule has 1 heterocycles. The number of piperazine rings is 1. The van der Waals surface area contributed by atoms with Crippen LogP contribution in [0.3, 0.4) is 0 Å². The summed E-state index contributed by atoms with van der Waals surface area (Å²) in [5.41, 5.74) is 7.08. The highest BCUT2D eigenvalue weighted by Crippen LogP contribution is 2.34. The van der Waals surface area contributed by atoms with Crippen molar-refractivity contribution < 1.29 is 0 Å². The number of rotatable bonds is 4. The molecule has 5 heteroatoms. The van der Waals surface area contributed by atoms with E-state index in [-0.39, 0.29) is 0 Å². The minimum absolute atomic E-state index is 0.451. The lowest BCUT2D eigenvalue weighted by Gasteiger charge is -2.42.